The number of carbonyl (C=O) groups is 1. The van der Waals surface area contributed by atoms with Crippen LogP contribution >= 0.6 is 0 Å². The van der Waals surface area contributed by atoms with E-state index in [-0.39, 0.29) is 12.5 Å². The second kappa shape index (κ2) is 10.8. The van der Waals surface area contributed by atoms with Crippen molar-refractivity contribution < 1.29 is 23.4 Å². The largest absolute Gasteiger partial charge is 0.493 e. The highest BCUT2D eigenvalue weighted by Gasteiger charge is 2.10. The van der Waals surface area contributed by atoms with Gasteiger partial charge in [-0.2, -0.15) is 0 Å². The molecule has 3 aromatic rings. The Morgan fingerprint density at radius 2 is 1.93 bits per heavy atom. The van der Waals surface area contributed by atoms with Crippen LogP contribution in [0.2, 0.25) is 0 Å². The molecule has 2 aromatic carbocycles. The molecule has 3 rings (SSSR count). The minimum absolute atomic E-state index is 0.101. The first-order valence-electron chi connectivity index (χ1n) is 9.73. The van der Waals surface area contributed by atoms with Crippen molar-refractivity contribution in [2.75, 3.05) is 13.7 Å². The fourth-order valence-corrected chi connectivity index (χ4v) is 2.59. The molecule has 0 amide bonds. The molecule has 0 N–H and O–H groups in total. The van der Waals surface area contributed by atoms with Crippen LogP contribution in [0.15, 0.2) is 59.0 Å². The van der Waals surface area contributed by atoms with Gasteiger partial charge < -0.3 is 18.6 Å². The smallest absolute Gasteiger partial charge is 0.331 e. The van der Waals surface area contributed by atoms with Crippen LogP contribution in [0, 0.1) is 0 Å². The van der Waals surface area contributed by atoms with Crippen LogP contribution in [-0.2, 0) is 16.1 Å². The van der Waals surface area contributed by atoms with Crippen LogP contribution in [-0.4, -0.2) is 29.9 Å². The van der Waals surface area contributed by atoms with Crippen LogP contribution in [0.4, 0.5) is 0 Å². The van der Waals surface area contributed by atoms with E-state index in [1.54, 1.807) is 19.3 Å². The first kappa shape index (κ1) is 21.1. The first-order valence-corrected chi connectivity index (χ1v) is 9.73. The van der Waals surface area contributed by atoms with Crippen molar-refractivity contribution in [2.24, 2.45) is 0 Å². The maximum Gasteiger partial charge on any atom is 0.331 e. The maximum atomic E-state index is 12.0. The number of benzene rings is 2. The predicted molar refractivity (Wildman–Crippen MR) is 112 cm³/mol. The van der Waals surface area contributed by atoms with Crippen LogP contribution in [0.1, 0.15) is 31.2 Å². The summed E-state index contributed by atoms with van der Waals surface area (Å²) < 4.78 is 21.8. The number of ether oxygens (including phenoxy) is 3. The summed E-state index contributed by atoms with van der Waals surface area (Å²) in [5, 5.41) is 7.86. The van der Waals surface area contributed by atoms with Gasteiger partial charge in [0, 0.05) is 11.6 Å². The minimum Gasteiger partial charge on any atom is -0.493 e. The van der Waals surface area contributed by atoms with E-state index in [0.717, 1.165) is 24.0 Å². The average Bonchev–Trinajstić information content (AvgIpc) is 3.26. The Kier molecular flexibility index (Phi) is 7.60. The number of hydrogen-bond donors (Lipinski definition) is 0. The van der Waals surface area contributed by atoms with Gasteiger partial charge in [0.25, 0.3) is 5.89 Å². The number of nitrogens with zero attached hydrogens (tertiary/aromatic N) is 2. The van der Waals surface area contributed by atoms with Gasteiger partial charge in [-0.3, -0.25) is 0 Å². The molecule has 0 aliphatic rings. The van der Waals surface area contributed by atoms with Crippen LogP contribution in [0.25, 0.3) is 17.5 Å². The van der Waals surface area contributed by atoms with Gasteiger partial charge in [0.05, 0.1) is 13.7 Å². The highest BCUT2D eigenvalue weighted by Crippen LogP contribution is 2.28. The molecule has 7 heteroatoms. The van der Waals surface area contributed by atoms with Crippen molar-refractivity contribution in [3.05, 3.63) is 66.1 Å². The fraction of sp³-hybridized carbons (Fsp3) is 0.261. The van der Waals surface area contributed by atoms with Crippen molar-refractivity contribution in [3.63, 3.8) is 0 Å². The topological polar surface area (TPSA) is 83.7 Å². The summed E-state index contributed by atoms with van der Waals surface area (Å²) in [6.07, 6.45) is 5.01. The van der Waals surface area contributed by atoms with E-state index in [0.29, 0.717) is 24.0 Å². The molecule has 0 radical (unpaired) electrons. The Morgan fingerprint density at radius 3 is 2.70 bits per heavy atom. The van der Waals surface area contributed by atoms with Gasteiger partial charge in [-0.15, -0.1) is 10.2 Å². The summed E-state index contributed by atoms with van der Waals surface area (Å²) in [4.78, 5) is 12.0. The van der Waals surface area contributed by atoms with Gasteiger partial charge in [0.2, 0.25) is 5.89 Å². The Balaban J connectivity index is 1.54. The lowest BCUT2D eigenvalue weighted by Crippen LogP contribution is -2.01. The molecule has 30 heavy (non-hydrogen) atoms. The summed E-state index contributed by atoms with van der Waals surface area (Å²) in [5.41, 5.74) is 1.59. The molecule has 0 aliphatic heterocycles. The van der Waals surface area contributed by atoms with Gasteiger partial charge in [-0.05, 0) is 42.3 Å². The van der Waals surface area contributed by atoms with Gasteiger partial charge in [-0.1, -0.05) is 37.6 Å². The molecule has 0 saturated carbocycles. The highest BCUT2D eigenvalue weighted by molar-refractivity contribution is 5.87. The number of methoxy groups -OCH3 is 1. The van der Waals surface area contributed by atoms with Gasteiger partial charge >= 0.3 is 5.97 Å². The third-order valence-corrected chi connectivity index (χ3v) is 4.18. The summed E-state index contributed by atoms with van der Waals surface area (Å²) in [6.45, 7) is 2.64. The number of rotatable bonds is 10. The number of unbranched alkanes of at least 4 members (excludes halogenated alkanes) is 1. The first-order chi connectivity index (χ1) is 14.7. The van der Waals surface area contributed by atoms with E-state index in [4.69, 9.17) is 18.6 Å². The average molecular weight is 408 g/mol. The van der Waals surface area contributed by atoms with Gasteiger partial charge in [0.1, 0.15) is 0 Å². The molecule has 1 aromatic heterocycles. The van der Waals surface area contributed by atoms with Crippen molar-refractivity contribution in [1.29, 1.82) is 0 Å². The Hall–Kier alpha value is -3.61. The standard InChI is InChI=1S/C23H24N2O5/c1-3-4-14-28-19-12-10-17(15-20(19)27-2)11-13-22(26)29-16-21-24-25-23(30-21)18-8-6-5-7-9-18/h5-13,15H,3-4,14,16H2,1-2H3/b13-11+. The van der Waals surface area contributed by atoms with E-state index < -0.39 is 5.97 Å². The number of aromatic nitrogens is 2. The molecule has 0 spiro atoms. The molecule has 0 aliphatic carbocycles. The lowest BCUT2D eigenvalue weighted by Gasteiger charge is -2.10. The highest BCUT2D eigenvalue weighted by atomic mass is 16.5. The van der Waals surface area contributed by atoms with Crippen LogP contribution < -0.4 is 9.47 Å². The monoisotopic (exact) mass is 408 g/mol. The zero-order valence-electron chi connectivity index (χ0n) is 17.0. The summed E-state index contributed by atoms with van der Waals surface area (Å²) in [7, 11) is 1.58. The van der Waals surface area contributed by atoms with E-state index in [2.05, 4.69) is 17.1 Å². The number of esters is 1. The molecule has 156 valence electrons. The normalized spacial score (nSPS) is 10.9. The summed E-state index contributed by atoms with van der Waals surface area (Å²) in [5.74, 6) is 1.38. The van der Waals surface area contributed by atoms with E-state index in [1.807, 2.05) is 42.5 Å². The maximum absolute atomic E-state index is 12.0. The lowest BCUT2D eigenvalue weighted by atomic mass is 10.2. The molecular formula is C23H24N2O5. The lowest BCUT2D eigenvalue weighted by molar-refractivity contribution is -0.139. The second-order valence-corrected chi connectivity index (χ2v) is 6.42. The zero-order valence-corrected chi connectivity index (χ0v) is 17.0. The molecule has 7 nitrogen and oxygen atoms in total. The second-order valence-electron chi connectivity index (χ2n) is 6.42. The Labute approximate surface area is 175 Å². The van der Waals surface area contributed by atoms with Gasteiger partial charge in [0.15, 0.2) is 18.1 Å². The molecule has 0 unspecified atom stereocenters. The predicted octanol–water partition coefficient (Wildman–Crippen LogP) is 4.68. The third kappa shape index (κ3) is 5.94. The molecule has 0 atom stereocenters. The molecule has 0 saturated heterocycles. The van der Waals surface area contributed by atoms with Crippen molar-refractivity contribution >= 4 is 12.0 Å². The van der Waals surface area contributed by atoms with Crippen molar-refractivity contribution in [2.45, 2.75) is 26.4 Å². The summed E-state index contributed by atoms with van der Waals surface area (Å²) >= 11 is 0. The Bertz CT molecular complexity index is 982. The SMILES string of the molecule is CCCCOc1ccc(/C=C/C(=O)OCc2nnc(-c3ccccc3)o2)cc1OC. The van der Waals surface area contributed by atoms with Crippen LogP contribution in [0.3, 0.4) is 0 Å². The van der Waals surface area contributed by atoms with E-state index in [1.165, 1.54) is 6.08 Å². The quantitative estimate of drug-likeness (QED) is 0.274. The number of hydrogen-bond acceptors (Lipinski definition) is 7. The summed E-state index contributed by atoms with van der Waals surface area (Å²) in [6, 6.07) is 14.8. The minimum atomic E-state index is -0.517. The molecular weight excluding hydrogens is 384 g/mol. The van der Waals surface area contributed by atoms with Gasteiger partial charge in [-0.25, -0.2) is 4.79 Å². The van der Waals surface area contributed by atoms with Crippen molar-refractivity contribution in [3.8, 4) is 23.0 Å². The Morgan fingerprint density at radius 1 is 1.10 bits per heavy atom. The van der Waals surface area contributed by atoms with Crippen LogP contribution in [0.5, 0.6) is 11.5 Å². The molecule has 1 heterocycles. The van der Waals surface area contributed by atoms with E-state index in [9.17, 15) is 4.79 Å². The molecule has 0 fully saturated rings. The zero-order chi connectivity index (χ0) is 21.2. The fourth-order valence-electron chi connectivity index (χ4n) is 2.59. The molecule has 0 bridgehead atoms. The third-order valence-electron chi connectivity index (χ3n) is 4.18. The van der Waals surface area contributed by atoms with Crippen molar-refractivity contribution in [1.82, 2.24) is 10.2 Å². The van der Waals surface area contributed by atoms with E-state index >= 15 is 0 Å². The number of carbonyl (C=O) groups excluding carboxylic acids is 1.